The maximum absolute atomic E-state index is 13.3. The quantitative estimate of drug-likeness (QED) is 0.679. The number of hydrogen-bond donors (Lipinski definition) is 0. The molecule has 0 bridgehead atoms. The molecule has 1 aliphatic heterocycles. The van der Waals surface area contributed by atoms with E-state index in [2.05, 4.69) is 10.1 Å². The van der Waals surface area contributed by atoms with Gasteiger partial charge in [0, 0.05) is 42.2 Å². The number of thiazole rings is 1. The Balaban J connectivity index is 1.53. The summed E-state index contributed by atoms with van der Waals surface area (Å²) in [4.78, 5) is 25.3. The molecule has 2 aliphatic rings. The van der Waals surface area contributed by atoms with E-state index in [-0.39, 0.29) is 12.0 Å². The van der Waals surface area contributed by atoms with E-state index in [1.807, 2.05) is 17.9 Å². The number of amides is 1. The lowest BCUT2D eigenvalue weighted by Gasteiger charge is -2.23. The highest BCUT2D eigenvalue weighted by Gasteiger charge is 2.30. The Labute approximate surface area is 167 Å². The Bertz CT molecular complexity index is 1010. The first kappa shape index (κ1) is 17.5. The summed E-state index contributed by atoms with van der Waals surface area (Å²) in [7, 11) is 1.97. The monoisotopic (exact) mass is 395 g/mol. The van der Waals surface area contributed by atoms with Gasteiger partial charge < -0.3 is 4.74 Å². The SMILES string of the molecule is Cn1ncc2c1CCc1sc(N(CC3CCCO3)C(=O)c3cccnc3)nc1-2. The molecule has 0 radical (unpaired) electrons. The zero-order chi connectivity index (χ0) is 19.1. The largest absolute Gasteiger partial charge is 0.376 e. The Morgan fingerprint density at radius 1 is 1.39 bits per heavy atom. The van der Waals surface area contributed by atoms with Crippen LogP contribution in [0.25, 0.3) is 11.3 Å². The van der Waals surface area contributed by atoms with Crippen molar-refractivity contribution in [2.45, 2.75) is 31.8 Å². The number of rotatable bonds is 4. The van der Waals surface area contributed by atoms with Gasteiger partial charge in [0.05, 0.1) is 30.1 Å². The zero-order valence-electron chi connectivity index (χ0n) is 15.7. The molecule has 1 aliphatic carbocycles. The van der Waals surface area contributed by atoms with E-state index in [0.717, 1.165) is 48.7 Å². The molecule has 0 aromatic carbocycles. The van der Waals surface area contributed by atoms with E-state index < -0.39 is 0 Å². The molecule has 3 aromatic heterocycles. The predicted octanol–water partition coefficient (Wildman–Crippen LogP) is 2.86. The number of anilines is 1. The fourth-order valence-electron chi connectivity index (χ4n) is 3.91. The first-order valence-electron chi connectivity index (χ1n) is 9.55. The van der Waals surface area contributed by atoms with Gasteiger partial charge in [-0.2, -0.15) is 5.10 Å². The van der Waals surface area contributed by atoms with Crippen LogP contribution in [0.5, 0.6) is 0 Å². The van der Waals surface area contributed by atoms with Gasteiger partial charge in [0.1, 0.15) is 0 Å². The Kier molecular flexibility index (Phi) is 4.44. The number of carbonyl (C=O) groups is 1. The molecule has 1 atom stereocenters. The summed E-state index contributed by atoms with van der Waals surface area (Å²) >= 11 is 1.60. The second-order valence-corrected chi connectivity index (χ2v) is 8.25. The minimum Gasteiger partial charge on any atom is -0.376 e. The van der Waals surface area contributed by atoms with Gasteiger partial charge in [0.25, 0.3) is 5.91 Å². The van der Waals surface area contributed by atoms with Crippen LogP contribution in [0.3, 0.4) is 0 Å². The smallest absolute Gasteiger partial charge is 0.261 e. The van der Waals surface area contributed by atoms with Crippen molar-refractivity contribution < 1.29 is 9.53 Å². The molecule has 0 saturated carbocycles. The van der Waals surface area contributed by atoms with Gasteiger partial charge in [-0.3, -0.25) is 19.4 Å². The average Bonchev–Trinajstić information content (AvgIpc) is 3.46. The molecule has 1 amide bonds. The summed E-state index contributed by atoms with van der Waals surface area (Å²) in [5.74, 6) is -0.0823. The summed E-state index contributed by atoms with van der Waals surface area (Å²) in [6.07, 6.45) is 9.09. The van der Waals surface area contributed by atoms with Crippen molar-refractivity contribution in [3.8, 4) is 11.3 Å². The molecule has 3 aromatic rings. The number of ether oxygens (including phenoxy) is 1. The third-order valence-electron chi connectivity index (χ3n) is 5.39. The van der Waals surface area contributed by atoms with Gasteiger partial charge in [-0.25, -0.2) is 4.98 Å². The van der Waals surface area contributed by atoms with Crippen LogP contribution in [-0.2, 0) is 24.6 Å². The summed E-state index contributed by atoms with van der Waals surface area (Å²) in [6.45, 7) is 1.27. The van der Waals surface area contributed by atoms with E-state index in [9.17, 15) is 4.79 Å². The molecule has 8 heteroatoms. The summed E-state index contributed by atoms with van der Waals surface area (Å²) in [6, 6.07) is 3.58. The van der Waals surface area contributed by atoms with Crippen LogP contribution in [0.4, 0.5) is 5.13 Å². The first-order valence-corrected chi connectivity index (χ1v) is 10.4. The minimum absolute atomic E-state index is 0.0514. The van der Waals surface area contributed by atoms with Crippen molar-refractivity contribution in [2.24, 2.45) is 7.05 Å². The van der Waals surface area contributed by atoms with Crippen LogP contribution in [0, 0.1) is 0 Å². The van der Waals surface area contributed by atoms with Crippen LogP contribution in [0.2, 0.25) is 0 Å². The first-order chi connectivity index (χ1) is 13.7. The average molecular weight is 395 g/mol. The fraction of sp³-hybridized carbons (Fsp3) is 0.400. The fourth-order valence-corrected chi connectivity index (χ4v) is 4.99. The number of nitrogens with zero attached hydrogens (tertiary/aromatic N) is 5. The number of fused-ring (bicyclic) bond motifs is 3. The number of carbonyl (C=O) groups excluding carboxylic acids is 1. The lowest BCUT2D eigenvalue weighted by Crippen LogP contribution is -2.37. The third kappa shape index (κ3) is 3.02. The number of aromatic nitrogens is 4. The molecule has 1 fully saturated rings. The molecule has 144 valence electrons. The van der Waals surface area contributed by atoms with Gasteiger partial charge in [0.2, 0.25) is 0 Å². The normalized spacial score (nSPS) is 18.0. The van der Waals surface area contributed by atoms with Crippen molar-refractivity contribution in [1.82, 2.24) is 19.7 Å². The minimum atomic E-state index is -0.0823. The molecule has 0 N–H and O–H groups in total. The molecule has 0 spiro atoms. The van der Waals surface area contributed by atoms with Gasteiger partial charge >= 0.3 is 0 Å². The molecule has 1 saturated heterocycles. The zero-order valence-corrected chi connectivity index (χ0v) is 16.5. The summed E-state index contributed by atoms with van der Waals surface area (Å²) in [5, 5.41) is 5.12. The Morgan fingerprint density at radius 3 is 3.11 bits per heavy atom. The molecular formula is C20H21N5O2S. The second-order valence-electron chi connectivity index (χ2n) is 7.19. The van der Waals surface area contributed by atoms with Crippen LogP contribution in [0.1, 0.15) is 33.8 Å². The van der Waals surface area contributed by atoms with Crippen LogP contribution in [0.15, 0.2) is 30.7 Å². The van der Waals surface area contributed by atoms with Gasteiger partial charge in [-0.15, -0.1) is 11.3 Å². The molecule has 5 rings (SSSR count). The van der Waals surface area contributed by atoms with E-state index in [1.54, 1.807) is 40.8 Å². The summed E-state index contributed by atoms with van der Waals surface area (Å²) in [5.41, 5.74) is 3.81. The highest BCUT2D eigenvalue weighted by Crippen LogP contribution is 2.39. The number of hydrogen-bond acceptors (Lipinski definition) is 6. The predicted molar refractivity (Wildman–Crippen MR) is 107 cm³/mol. The maximum atomic E-state index is 13.3. The molecule has 1 unspecified atom stereocenters. The van der Waals surface area contributed by atoms with Gasteiger partial charge in [-0.05, 0) is 37.8 Å². The lowest BCUT2D eigenvalue weighted by atomic mass is 10.0. The Morgan fingerprint density at radius 2 is 2.32 bits per heavy atom. The molecule has 28 heavy (non-hydrogen) atoms. The second kappa shape index (κ2) is 7.10. The van der Waals surface area contributed by atoms with Crippen molar-refractivity contribution in [3.05, 3.63) is 46.9 Å². The maximum Gasteiger partial charge on any atom is 0.261 e. The highest BCUT2D eigenvalue weighted by atomic mass is 32.1. The van der Waals surface area contributed by atoms with Crippen molar-refractivity contribution in [1.29, 1.82) is 0 Å². The van der Waals surface area contributed by atoms with Crippen molar-refractivity contribution >= 4 is 22.4 Å². The van der Waals surface area contributed by atoms with E-state index in [1.165, 1.54) is 10.6 Å². The van der Waals surface area contributed by atoms with Crippen LogP contribution in [-0.4, -0.2) is 44.9 Å². The highest BCUT2D eigenvalue weighted by molar-refractivity contribution is 7.16. The molecule has 7 nitrogen and oxygen atoms in total. The summed E-state index contributed by atoms with van der Waals surface area (Å²) < 4.78 is 7.73. The van der Waals surface area contributed by atoms with E-state index in [0.29, 0.717) is 12.1 Å². The third-order valence-corrected chi connectivity index (χ3v) is 6.52. The topological polar surface area (TPSA) is 73.1 Å². The van der Waals surface area contributed by atoms with E-state index >= 15 is 0 Å². The Hall–Kier alpha value is -2.58. The molecule has 4 heterocycles. The number of pyridine rings is 1. The van der Waals surface area contributed by atoms with Crippen molar-refractivity contribution in [2.75, 3.05) is 18.1 Å². The number of aryl methyl sites for hydroxylation is 2. The van der Waals surface area contributed by atoms with Gasteiger partial charge in [-0.1, -0.05) is 0 Å². The molecular weight excluding hydrogens is 374 g/mol. The van der Waals surface area contributed by atoms with Crippen LogP contribution >= 0.6 is 11.3 Å². The van der Waals surface area contributed by atoms with Gasteiger partial charge in [0.15, 0.2) is 5.13 Å². The van der Waals surface area contributed by atoms with Crippen LogP contribution < -0.4 is 4.90 Å². The van der Waals surface area contributed by atoms with Crippen molar-refractivity contribution in [3.63, 3.8) is 0 Å². The van der Waals surface area contributed by atoms with E-state index in [4.69, 9.17) is 9.72 Å². The lowest BCUT2D eigenvalue weighted by molar-refractivity contribution is 0.0917. The standard InChI is InChI=1S/C20H21N5O2S/c1-24-16-6-7-17-18(15(16)11-22-24)23-20(28-17)25(12-14-5-3-9-27-14)19(26)13-4-2-8-21-10-13/h2,4,8,10-11,14H,3,5-7,9,12H2,1H3.